The van der Waals surface area contributed by atoms with E-state index in [-0.39, 0.29) is 18.6 Å². The van der Waals surface area contributed by atoms with Crippen molar-refractivity contribution in [1.29, 1.82) is 0 Å². The Morgan fingerprint density at radius 3 is 2.57 bits per heavy atom. The summed E-state index contributed by atoms with van der Waals surface area (Å²) in [5, 5.41) is 0. The molecule has 2 aromatic carbocycles. The van der Waals surface area contributed by atoms with E-state index in [1.165, 1.54) is 6.92 Å². The van der Waals surface area contributed by atoms with Crippen molar-refractivity contribution in [3.63, 3.8) is 0 Å². The molecule has 5 heteroatoms. The van der Waals surface area contributed by atoms with E-state index in [0.717, 1.165) is 5.56 Å². The van der Waals surface area contributed by atoms with Crippen LogP contribution in [0.3, 0.4) is 0 Å². The quantitative estimate of drug-likeness (QED) is 0.818. The Kier molecular flexibility index (Phi) is 4.28. The summed E-state index contributed by atoms with van der Waals surface area (Å²) in [5.41, 5.74) is 1.66. The second kappa shape index (κ2) is 6.52. The molecule has 0 saturated carbocycles. The Bertz CT molecular complexity index is 714. The van der Waals surface area contributed by atoms with Gasteiger partial charge in [-0.15, -0.1) is 0 Å². The minimum absolute atomic E-state index is 0.255. The van der Waals surface area contributed by atoms with Crippen molar-refractivity contribution in [2.45, 2.75) is 13.0 Å². The van der Waals surface area contributed by atoms with Crippen molar-refractivity contribution < 1.29 is 19.1 Å². The van der Waals surface area contributed by atoms with Crippen LogP contribution in [0.5, 0.6) is 5.75 Å². The molecule has 0 radical (unpaired) electrons. The fourth-order valence-electron chi connectivity index (χ4n) is 2.65. The van der Waals surface area contributed by atoms with Gasteiger partial charge in [0.2, 0.25) is 0 Å². The van der Waals surface area contributed by atoms with Crippen LogP contribution in [-0.2, 0) is 14.3 Å². The van der Waals surface area contributed by atoms with Gasteiger partial charge in [0.05, 0.1) is 11.7 Å². The summed E-state index contributed by atoms with van der Waals surface area (Å²) in [5.74, 6) is -0.100. The minimum atomic E-state index is -0.476. The molecular weight excluding hydrogens is 294 g/mol. The number of hydrogen-bond acceptors (Lipinski definition) is 4. The first-order chi connectivity index (χ1) is 11.2. The van der Waals surface area contributed by atoms with Crippen molar-refractivity contribution in [3.8, 4) is 5.75 Å². The summed E-state index contributed by atoms with van der Waals surface area (Å²) in [6, 6.07) is 16.8. The number of carbonyl (C=O) groups excluding carboxylic acids is 2. The molecule has 1 aliphatic heterocycles. The molecular formula is C18H17NO4. The molecule has 0 aromatic heterocycles. The maximum Gasteiger partial charge on any atom is 0.303 e. The van der Waals surface area contributed by atoms with E-state index in [2.05, 4.69) is 0 Å². The number of amides is 1. The smallest absolute Gasteiger partial charge is 0.303 e. The molecule has 1 heterocycles. The van der Waals surface area contributed by atoms with Crippen LogP contribution < -0.4 is 9.64 Å². The van der Waals surface area contributed by atoms with Crippen LogP contribution >= 0.6 is 0 Å². The number of ether oxygens (including phenoxy) is 2. The normalized spacial score (nSPS) is 16.2. The monoisotopic (exact) mass is 311 g/mol. The van der Waals surface area contributed by atoms with Crippen LogP contribution in [0.25, 0.3) is 0 Å². The molecule has 0 bridgehead atoms. The molecule has 0 spiro atoms. The van der Waals surface area contributed by atoms with Crippen LogP contribution in [0.4, 0.5) is 5.69 Å². The highest BCUT2D eigenvalue weighted by Crippen LogP contribution is 2.39. The number of fused-ring (bicyclic) bond motifs is 1. The van der Waals surface area contributed by atoms with E-state index in [4.69, 9.17) is 9.47 Å². The molecule has 3 rings (SSSR count). The highest BCUT2D eigenvalue weighted by atomic mass is 16.5. The Hall–Kier alpha value is -2.82. The van der Waals surface area contributed by atoms with E-state index >= 15 is 0 Å². The molecule has 1 amide bonds. The second-order valence-electron chi connectivity index (χ2n) is 5.25. The van der Waals surface area contributed by atoms with Crippen molar-refractivity contribution >= 4 is 17.6 Å². The lowest BCUT2D eigenvalue weighted by Crippen LogP contribution is -2.43. The van der Waals surface area contributed by atoms with Gasteiger partial charge in [-0.05, 0) is 17.7 Å². The molecule has 0 N–H and O–H groups in total. The highest BCUT2D eigenvalue weighted by Gasteiger charge is 2.33. The molecule has 1 atom stereocenters. The van der Waals surface area contributed by atoms with Gasteiger partial charge in [-0.1, -0.05) is 42.5 Å². The van der Waals surface area contributed by atoms with Gasteiger partial charge in [0, 0.05) is 6.92 Å². The first kappa shape index (κ1) is 15.1. The lowest BCUT2D eigenvalue weighted by atomic mass is 10.0. The van der Waals surface area contributed by atoms with Crippen LogP contribution in [-0.4, -0.2) is 25.1 Å². The number of nitrogens with zero attached hydrogens (tertiary/aromatic N) is 1. The summed E-state index contributed by atoms with van der Waals surface area (Å²) >= 11 is 0. The van der Waals surface area contributed by atoms with Crippen molar-refractivity contribution in [2.75, 3.05) is 18.1 Å². The van der Waals surface area contributed by atoms with Crippen molar-refractivity contribution in [1.82, 2.24) is 0 Å². The summed E-state index contributed by atoms with van der Waals surface area (Å²) in [6.07, 6.45) is 0. The molecule has 23 heavy (non-hydrogen) atoms. The van der Waals surface area contributed by atoms with Gasteiger partial charge in [-0.25, -0.2) is 0 Å². The van der Waals surface area contributed by atoms with Gasteiger partial charge >= 0.3 is 5.97 Å². The van der Waals surface area contributed by atoms with E-state index in [0.29, 0.717) is 18.0 Å². The standard InChI is InChI=1S/C18H17NO4/c1-13(20)22-12-18(21)19-15-9-5-6-10-17(15)23-11-16(19)14-7-3-2-4-8-14/h2-10,16H,11-12H2,1H3. The third-order valence-corrected chi connectivity index (χ3v) is 3.69. The number of para-hydroxylation sites is 2. The van der Waals surface area contributed by atoms with Crippen LogP contribution in [0, 0.1) is 0 Å². The first-order valence-electron chi connectivity index (χ1n) is 7.39. The number of esters is 1. The van der Waals surface area contributed by atoms with Crippen molar-refractivity contribution in [3.05, 3.63) is 60.2 Å². The van der Waals surface area contributed by atoms with Gasteiger partial charge in [0.15, 0.2) is 6.61 Å². The van der Waals surface area contributed by atoms with Crippen LogP contribution in [0.15, 0.2) is 54.6 Å². The summed E-state index contributed by atoms with van der Waals surface area (Å²) in [6.45, 7) is 1.36. The van der Waals surface area contributed by atoms with E-state index in [1.54, 1.807) is 4.90 Å². The molecule has 118 valence electrons. The molecule has 1 unspecified atom stereocenters. The predicted molar refractivity (Wildman–Crippen MR) is 85.2 cm³/mol. The maximum atomic E-state index is 12.6. The second-order valence-corrected chi connectivity index (χ2v) is 5.25. The number of rotatable bonds is 3. The molecule has 0 fully saturated rings. The lowest BCUT2D eigenvalue weighted by molar-refractivity contribution is -0.145. The third-order valence-electron chi connectivity index (χ3n) is 3.69. The fraction of sp³-hybridized carbons (Fsp3) is 0.222. The van der Waals surface area contributed by atoms with Gasteiger partial charge in [0.1, 0.15) is 12.4 Å². The molecule has 0 aliphatic carbocycles. The van der Waals surface area contributed by atoms with Crippen LogP contribution in [0.2, 0.25) is 0 Å². The van der Waals surface area contributed by atoms with Gasteiger partial charge in [-0.3, -0.25) is 14.5 Å². The predicted octanol–water partition coefficient (Wildman–Crippen LogP) is 2.72. The molecule has 1 aliphatic rings. The maximum absolute atomic E-state index is 12.6. The van der Waals surface area contributed by atoms with E-state index in [9.17, 15) is 9.59 Å². The zero-order valence-corrected chi connectivity index (χ0v) is 12.8. The summed E-state index contributed by atoms with van der Waals surface area (Å²) < 4.78 is 10.7. The number of carbonyl (C=O) groups is 2. The average molecular weight is 311 g/mol. The zero-order valence-electron chi connectivity index (χ0n) is 12.8. The Morgan fingerprint density at radius 1 is 1.13 bits per heavy atom. The van der Waals surface area contributed by atoms with Gasteiger partial charge < -0.3 is 9.47 Å². The first-order valence-corrected chi connectivity index (χ1v) is 7.39. The van der Waals surface area contributed by atoms with Crippen LogP contribution in [0.1, 0.15) is 18.5 Å². The Morgan fingerprint density at radius 2 is 1.83 bits per heavy atom. The number of hydrogen-bond donors (Lipinski definition) is 0. The Labute approximate surface area is 134 Å². The topological polar surface area (TPSA) is 55.8 Å². The average Bonchev–Trinajstić information content (AvgIpc) is 2.59. The summed E-state index contributed by atoms with van der Waals surface area (Å²) in [7, 11) is 0. The molecule has 5 nitrogen and oxygen atoms in total. The number of anilines is 1. The number of benzene rings is 2. The zero-order chi connectivity index (χ0) is 16.2. The Balaban J connectivity index is 1.96. The fourth-order valence-corrected chi connectivity index (χ4v) is 2.65. The van der Waals surface area contributed by atoms with E-state index < -0.39 is 5.97 Å². The summed E-state index contributed by atoms with van der Waals surface area (Å²) in [4.78, 5) is 25.3. The lowest BCUT2D eigenvalue weighted by Gasteiger charge is -2.37. The third kappa shape index (κ3) is 3.18. The molecule has 2 aromatic rings. The minimum Gasteiger partial charge on any atom is -0.489 e. The molecule has 0 saturated heterocycles. The SMILES string of the molecule is CC(=O)OCC(=O)N1c2ccccc2OCC1c1ccccc1. The van der Waals surface area contributed by atoms with E-state index in [1.807, 2.05) is 54.6 Å². The van der Waals surface area contributed by atoms with Gasteiger partial charge in [0.25, 0.3) is 5.91 Å². The highest BCUT2D eigenvalue weighted by molar-refractivity contribution is 5.97. The van der Waals surface area contributed by atoms with Crippen molar-refractivity contribution in [2.24, 2.45) is 0 Å². The largest absolute Gasteiger partial charge is 0.489 e. The van der Waals surface area contributed by atoms with Gasteiger partial charge in [-0.2, -0.15) is 0 Å².